The first-order valence-electron chi connectivity index (χ1n) is 26.7. The molecule has 76 heavy (non-hydrogen) atoms. The highest BCUT2D eigenvalue weighted by atomic mass is 28.4. The molecule has 14 heteroatoms. The predicted molar refractivity (Wildman–Crippen MR) is 313 cm³/mol. The van der Waals surface area contributed by atoms with Gasteiger partial charge in [-0.1, -0.05) is 132 Å². The molecular formula is C62H76N6O6Si2. The van der Waals surface area contributed by atoms with Crippen LogP contribution in [0.4, 0.5) is 11.4 Å². The number of nitrogens with two attached hydrogens (primary N) is 1. The number of pyridine rings is 2. The fraction of sp³-hybridized carbons (Fsp3) is 0.355. The van der Waals surface area contributed by atoms with Gasteiger partial charge in [0.1, 0.15) is 11.5 Å². The number of aromatic nitrogens is 2. The Morgan fingerprint density at radius 2 is 0.868 bits per heavy atom. The molecule has 4 amide bonds. The van der Waals surface area contributed by atoms with Crippen LogP contribution in [0.15, 0.2) is 146 Å². The van der Waals surface area contributed by atoms with E-state index in [1.807, 2.05) is 103 Å². The van der Waals surface area contributed by atoms with E-state index >= 15 is 0 Å². The number of fused-ring (bicyclic) bond motifs is 3. The van der Waals surface area contributed by atoms with Gasteiger partial charge >= 0.3 is 0 Å². The zero-order valence-electron chi connectivity index (χ0n) is 46.3. The summed E-state index contributed by atoms with van der Waals surface area (Å²) < 4.78 is 13.6. The van der Waals surface area contributed by atoms with Gasteiger partial charge in [0.25, 0.3) is 28.4 Å². The van der Waals surface area contributed by atoms with E-state index in [-0.39, 0.29) is 24.9 Å². The van der Waals surface area contributed by atoms with Crippen LogP contribution < -0.4 is 25.2 Å². The number of hydrogen-bond acceptors (Lipinski definition) is 9. The van der Waals surface area contributed by atoms with E-state index in [0.717, 1.165) is 44.3 Å². The Labute approximate surface area is 451 Å². The minimum Gasteiger partial charge on any atom is -0.543 e. The number of nitrogens with zero attached hydrogens (tertiary/aromatic N) is 3. The highest BCUT2D eigenvalue weighted by Gasteiger charge is 2.48. The number of benzene rings is 5. The fourth-order valence-corrected chi connectivity index (χ4v) is 22.3. The Morgan fingerprint density at radius 3 is 1.24 bits per heavy atom. The molecule has 0 aliphatic carbocycles. The van der Waals surface area contributed by atoms with E-state index in [9.17, 15) is 19.2 Å². The quantitative estimate of drug-likeness (QED) is 0.0528. The van der Waals surface area contributed by atoms with Crippen molar-refractivity contribution in [2.75, 3.05) is 23.7 Å². The summed E-state index contributed by atoms with van der Waals surface area (Å²) in [5, 5.41) is 10.0. The molecule has 2 aromatic heterocycles. The minimum absolute atomic E-state index is 0.0848. The molecule has 5 aromatic carbocycles. The van der Waals surface area contributed by atoms with Crippen LogP contribution in [0.1, 0.15) is 127 Å². The third-order valence-electron chi connectivity index (χ3n) is 15.5. The third-order valence-corrected chi connectivity index (χ3v) is 27.5. The Balaban J connectivity index is 0.000000229. The molecule has 0 fully saturated rings. The molecular weight excluding hydrogens is 981 g/mol. The van der Waals surface area contributed by atoms with Crippen LogP contribution in [0.5, 0.6) is 11.5 Å². The van der Waals surface area contributed by atoms with E-state index in [4.69, 9.17) is 14.6 Å². The van der Waals surface area contributed by atoms with E-state index in [0.29, 0.717) is 55.6 Å². The molecule has 398 valence electrons. The van der Waals surface area contributed by atoms with Crippen molar-refractivity contribution >= 4 is 73.2 Å². The molecule has 0 bridgehead atoms. The van der Waals surface area contributed by atoms with Gasteiger partial charge in [-0.2, -0.15) is 0 Å². The number of hydrogen-bond donors (Lipinski definition) is 3. The number of carbonyl (C=O) groups is 4. The zero-order chi connectivity index (χ0) is 55.1. The normalized spacial score (nSPS) is 13.6. The molecule has 1 aliphatic heterocycles. The molecule has 2 atom stereocenters. The van der Waals surface area contributed by atoms with E-state index in [1.165, 1.54) is 4.90 Å². The van der Waals surface area contributed by atoms with E-state index in [2.05, 4.69) is 104 Å². The Hall–Kier alpha value is -7.01. The summed E-state index contributed by atoms with van der Waals surface area (Å²) in [5.74, 6) is -0.795. The van der Waals surface area contributed by atoms with Gasteiger partial charge in [-0.3, -0.25) is 34.0 Å². The maximum absolute atomic E-state index is 13.9. The summed E-state index contributed by atoms with van der Waals surface area (Å²) in [7, 11) is -4.20. The summed E-state index contributed by atoms with van der Waals surface area (Å²) in [6.45, 7) is 27.3. The SMILES string of the molecule is CC(C)[Si](Oc1ccc(C(CN)C(=O)Nc2ccc3cnccc3c2)cc1)(C(C)C)C(C)C.CC(C)[Si](Oc1ccc(C(CN2C(=O)c3ccccc3C2=O)C(=O)Nc2ccc3cnccc3c2)cc1)(C(C)C)C(C)C. The summed E-state index contributed by atoms with van der Waals surface area (Å²) in [6.07, 6.45) is 7.03. The minimum atomic E-state index is -2.17. The summed E-state index contributed by atoms with van der Waals surface area (Å²) in [5.41, 5.74) is 12.4. The molecule has 2 unspecified atom stereocenters. The molecule has 1 aliphatic rings. The van der Waals surface area contributed by atoms with Crippen LogP contribution in [-0.4, -0.2) is 68.2 Å². The van der Waals surface area contributed by atoms with Crippen molar-refractivity contribution in [2.24, 2.45) is 5.73 Å². The Morgan fingerprint density at radius 1 is 0.500 bits per heavy atom. The Bertz CT molecular complexity index is 3080. The van der Waals surface area contributed by atoms with Gasteiger partial charge in [0.05, 0.1) is 23.0 Å². The second-order valence-electron chi connectivity index (χ2n) is 21.9. The predicted octanol–water partition coefficient (Wildman–Crippen LogP) is 14.3. The number of carbonyl (C=O) groups excluding carboxylic acids is 4. The second-order valence-corrected chi connectivity index (χ2v) is 32.7. The Kier molecular flexibility index (Phi) is 18.2. The molecule has 0 spiro atoms. The van der Waals surface area contributed by atoms with Gasteiger partial charge in [0.15, 0.2) is 0 Å². The van der Waals surface area contributed by atoms with Crippen LogP contribution >= 0.6 is 0 Å². The van der Waals surface area contributed by atoms with Crippen LogP contribution in [0.25, 0.3) is 21.5 Å². The van der Waals surface area contributed by atoms with Gasteiger partial charge in [-0.15, -0.1) is 0 Å². The summed E-state index contributed by atoms with van der Waals surface area (Å²) >= 11 is 0. The largest absolute Gasteiger partial charge is 0.543 e. The number of anilines is 2. The smallest absolute Gasteiger partial charge is 0.261 e. The van der Waals surface area contributed by atoms with E-state index < -0.39 is 40.3 Å². The number of rotatable bonds is 19. The monoisotopic (exact) mass is 1060 g/mol. The molecule has 0 radical (unpaired) electrons. The first-order valence-corrected chi connectivity index (χ1v) is 31.0. The maximum atomic E-state index is 13.9. The molecule has 0 saturated carbocycles. The van der Waals surface area contributed by atoms with Gasteiger partial charge in [-0.25, -0.2) is 0 Å². The first-order chi connectivity index (χ1) is 36.2. The average molecular weight is 1060 g/mol. The van der Waals surface area contributed by atoms with Crippen molar-refractivity contribution in [3.63, 3.8) is 0 Å². The van der Waals surface area contributed by atoms with Crippen LogP contribution in [0.2, 0.25) is 33.2 Å². The average Bonchev–Trinajstić information content (AvgIpc) is 3.64. The van der Waals surface area contributed by atoms with Crippen molar-refractivity contribution in [1.29, 1.82) is 0 Å². The summed E-state index contributed by atoms with van der Waals surface area (Å²) in [6, 6.07) is 37.5. The van der Waals surface area contributed by atoms with Crippen LogP contribution in [0, 0.1) is 0 Å². The lowest BCUT2D eigenvalue weighted by atomic mass is 9.97. The highest BCUT2D eigenvalue weighted by molar-refractivity contribution is 6.78. The number of nitrogens with one attached hydrogen (secondary N) is 2. The van der Waals surface area contributed by atoms with Gasteiger partial charge in [0.2, 0.25) is 11.8 Å². The van der Waals surface area contributed by atoms with Crippen molar-refractivity contribution in [2.45, 2.75) is 128 Å². The molecule has 0 saturated heterocycles. The number of amides is 4. The second kappa shape index (κ2) is 24.3. The van der Waals surface area contributed by atoms with Crippen molar-refractivity contribution in [1.82, 2.24) is 14.9 Å². The topological polar surface area (TPSA) is 166 Å². The van der Waals surface area contributed by atoms with Crippen LogP contribution in [0.3, 0.4) is 0 Å². The molecule has 12 nitrogen and oxygen atoms in total. The molecule has 7 aromatic rings. The first kappa shape index (κ1) is 56.7. The lowest BCUT2D eigenvalue weighted by Crippen LogP contribution is -2.50. The van der Waals surface area contributed by atoms with Crippen molar-refractivity contribution < 1.29 is 28.0 Å². The standard InChI is InChI=1S/C35H39N3O4Si.C27H37N3O2Si/c1-22(2)43(23(3)4,24(5)6)42-29-15-12-25(13-16-29)32(21-38-34(40)30-9-7-8-10-31(30)35(38)41)33(39)37-28-14-11-27-20-36-18-17-26(27)19-28;1-18(2)33(19(3)4,20(5)6)32-25-11-8-21(9-12-25)26(16-28)27(31)30-24-10-7-23-17-29-14-13-22(23)15-24/h7-20,22-24,32H,21H2,1-6H3,(H,37,39);7-15,17-20,26H,16,28H2,1-6H3,(H,30,31). The fourth-order valence-electron chi connectivity index (χ4n) is 11.8. The van der Waals surface area contributed by atoms with Crippen molar-refractivity contribution in [3.05, 3.63) is 168 Å². The van der Waals surface area contributed by atoms with Gasteiger partial charge in [0, 0.05) is 60.0 Å². The zero-order valence-corrected chi connectivity index (χ0v) is 48.3. The van der Waals surface area contributed by atoms with Crippen LogP contribution in [-0.2, 0) is 9.59 Å². The molecule has 4 N–H and O–H groups in total. The molecule has 8 rings (SSSR count). The third kappa shape index (κ3) is 12.0. The lowest BCUT2D eigenvalue weighted by molar-refractivity contribution is -0.118. The number of imide groups is 1. The lowest BCUT2D eigenvalue weighted by Gasteiger charge is -2.42. The molecule has 3 heterocycles. The van der Waals surface area contributed by atoms with Gasteiger partial charge < -0.3 is 25.2 Å². The van der Waals surface area contributed by atoms with E-state index in [1.54, 1.807) is 42.9 Å². The maximum Gasteiger partial charge on any atom is 0.261 e. The van der Waals surface area contributed by atoms with Crippen molar-refractivity contribution in [3.8, 4) is 11.5 Å². The summed E-state index contributed by atoms with van der Waals surface area (Å²) in [4.78, 5) is 62.9. The van der Waals surface area contributed by atoms with Gasteiger partial charge in [-0.05, 0) is 128 Å². The highest BCUT2D eigenvalue weighted by Crippen LogP contribution is 2.44.